The lowest BCUT2D eigenvalue weighted by atomic mass is 9.92. The third-order valence-electron chi connectivity index (χ3n) is 5.31. The normalized spacial score (nSPS) is 21.5. The van der Waals surface area contributed by atoms with Crippen LogP contribution in [0.2, 0.25) is 0 Å². The number of unbranched alkanes of at least 4 members (excludes halogenated alkanes) is 1. The number of amides is 2. The Bertz CT molecular complexity index is 620. The van der Waals surface area contributed by atoms with E-state index in [0.717, 1.165) is 37.8 Å². The van der Waals surface area contributed by atoms with Crippen molar-refractivity contribution in [2.75, 3.05) is 19.6 Å². The number of piperidine rings is 1. The van der Waals surface area contributed by atoms with Crippen LogP contribution in [0.3, 0.4) is 0 Å². The summed E-state index contributed by atoms with van der Waals surface area (Å²) >= 11 is 0. The number of hydrogen-bond donors (Lipinski definition) is 2. The quantitative estimate of drug-likeness (QED) is 0.685. The van der Waals surface area contributed by atoms with Gasteiger partial charge in [-0.25, -0.2) is 4.39 Å². The average molecular weight is 378 g/mol. The number of carbonyl (C=O) groups excluding carboxylic acids is 2. The Morgan fingerprint density at radius 3 is 2.63 bits per heavy atom. The standard InChI is InChI=1S/C21H32FN3O2/c1-4-5-12-23-21(27)18-7-6-15(2)25(13-18)14-20(26)24-16(3)17-8-10-19(22)11-9-17/h8-11,15-16,18H,4-7,12-14H2,1-3H3,(H,23,27)(H,24,26)/t15-,16-,18-/m1/s1. The SMILES string of the molecule is CCCCNC(=O)[C@@H]1CC[C@@H](C)N(CC(=O)N[C@H](C)c2ccc(F)cc2)C1. The minimum absolute atomic E-state index is 0.0552. The van der Waals surface area contributed by atoms with E-state index in [4.69, 9.17) is 0 Å². The van der Waals surface area contributed by atoms with Crippen molar-refractivity contribution in [3.05, 3.63) is 35.6 Å². The minimum Gasteiger partial charge on any atom is -0.356 e. The number of carbonyl (C=O) groups is 2. The number of hydrogen-bond acceptors (Lipinski definition) is 3. The molecule has 0 unspecified atom stereocenters. The maximum atomic E-state index is 13.0. The molecule has 0 bridgehead atoms. The highest BCUT2D eigenvalue weighted by Gasteiger charge is 2.30. The number of likely N-dealkylation sites (tertiary alicyclic amines) is 1. The van der Waals surface area contributed by atoms with Crippen LogP contribution in [0, 0.1) is 11.7 Å². The molecule has 0 radical (unpaired) electrons. The Balaban J connectivity index is 1.85. The smallest absolute Gasteiger partial charge is 0.234 e. The van der Waals surface area contributed by atoms with Gasteiger partial charge in [0.05, 0.1) is 18.5 Å². The lowest BCUT2D eigenvalue weighted by Gasteiger charge is -2.37. The molecule has 3 atom stereocenters. The van der Waals surface area contributed by atoms with E-state index < -0.39 is 0 Å². The number of nitrogens with one attached hydrogen (secondary N) is 2. The Morgan fingerprint density at radius 1 is 1.26 bits per heavy atom. The molecule has 150 valence electrons. The zero-order valence-electron chi connectivity index (χ0n) is 16.6. The number of nitrogens with zero attached hydrogens (tertiary/aromatic N) is 1. The molecule has 0 saturated carbocycles. The van der Waals surface area contributed by atoms with Crippen molar-refractivity contribution in [3.8, 4) is 0 Å². The van der Waals surface area contributed by atoms with Gasteiger partial charge in [0.1, 0.15) is 5.82 Å². The van der Waals surface area contributed by atoms with Gasteiger partial charge < -0.3 is 10.6 Å². The van der Waals surface area contributed by atoms with E-state index in [-0.39, 0.29) is 42.2 Å². The number of benzene rings is 1. The molecule has 0 aliphatic carbocycles. The van der Waals surface area contributed by atoms with Crippen molar-refractivity contribution in [1.82, 2.24) is 15.5 Å². The first kappa shape index (κ1) is 21.4. The van der Waals surface area contributed by atoms with Crippen molar-refractivity contribution in [2.45, 2.75) is 58.5 Å². The van der Waals surface area contributed by atoms with Gasteiger partial charge >= 0.3 is 0 Å². The van der Waals surface area contributed by atoms with E-state index in [2.05, 4.69) is 29.4 Å². The van der Waals surface area contributed by atoms with E-state index in [9.17, 15) is 14.0 Å². The average Bonchev–Trinajstić information content (AvgIpc) is 2.64. The highest BCUT2D eigenvalue weighted by atomic mass is 19.1. The summed E-state index contributed by atoms with van der Waals surface area (Å²) in [6, 6.07) is 6.24. The van der Waals surface area contributed by atoms with Crippen LogP contribution in [-0.4, -0.2) is 42.4 Å². The molecule has 1 aromatic rings. The second-order valence-corrected chi connectivity index (χ2v) is 7.54. The van der Waals surface area contributed by atoms with Gasteiger partial charge in [-0.05, 0) is 50.8 Å². The molecular weight excluding hydrogens is 345 g/mol. The molecule has 5 nitrogen and oxygen atoms in total. The molecule has 2 N–H and O–H groups in total. The van der Waals surface area contributed by atoms with Crippen LogP contribution >= 0.6 is 0 Å². The third kappa shape index (κ3) is 6.61. The lowest BCUT2D eigenvalue weighted by molar-refractivity contribution is -0.130. The summed E-state index contributed by atoms with van der Waals surface area (Å²) in [4.78, 5) is 26.9. The highest BCUT2D eigenvalue weighted by Crippen LogP contribution is 2.22. The second-order valence-electron chi connectivity index (χ2n) is 7.54. The van der Waals surface area contributed by atoms with Crippen LogP contribution in [0.5, 0.6) is 0 Å². The summed E-state index contributed by atoms with van der Waals surface area (Å²) in [7, 11) is 0. The van der Waals surface area contributed by atoms with Crippen LogP contribution in [0.25, 0.3) is 0 Å². The van der Waals surface area contributed by atoms with Crippen LogP contribution in [0.15, 0.2) is 24.3 Å². The molecule has 2 amide bonds. The van der Waals surface area contributed by atoms with Crippen LogP contribution in [0.1, 0.15) is 58.1 Å². The van der Waals surface area contributed by atoms with Crippen molar-refractivity contribution >= 4 is 11.8 Å². The Kier molecular flexibility index (Phi) is 8.23. The molecule has 0 spiro atoms. The fourth-order valence-corrected chi connectivity index (χ4v) is 3.45. The van der Waals surface area contributed by atoms with Crippen molar-refractivity contribution in [3.63, 3.8) is 0 Å². The molecule has 6 heteroatoms. The van der Waals surface area contributed by atoms with Gasteiger partial charge in [0.15, 0.2) is 0 Å². The van der Waals surface area contributed by atoms with Crippen molar-refractivity contribution in [2.24, 2.45) is 5.92 Å². The van der Waals surface area contributed by atoms with Crippen LogP contribution < -0.4 is 10.6 Å². The predicted octanol–water partition coefficient (Wildman–Crippen LogP) is 3.02. The Morgan fingerprint density at radius 2 is 1.96 bits per heavy atom. The second kappa shape index (κ2) is 10.4. The molecule has 1 saturated heterocycles. The lowest BCUT2D eigenvalue weighted by Crippen LogP contribution is -2.50. The van der Waals surface area contributed by atoms with E-state index in [1.165, 1.54) is 12.1 Å². The molecule has 1 heterocycles. The van der Waals surface area contributed by atoms with E-state index in [1.807, 2.05) is 6.92 Å². The summed E-state index contributed by atoms with van der Waals surface area (Å²) in [6.45, 7) is 7.68. The Labute approximate surface area is 161 Å². The van der Waals surface area contributed by atoms with E-state index in [0.29, 0.717) is 6.54 Å². The monoisotopic (exact) mass is 377 g/mol. The summed E-state index contributed by atoms with van der Waals surface area (Å²) in [5, 5.41) is 5.97. The number of rotatable bonds is 8. The van der Waals surface area contributed by atoms with Crippen LogP contribution in [-0.2, 0) is 9.59 Å². The van der Waals surface area contributed by atoms with Gasteiger partial charge in [-0.1, -0.05) is 25.5 Å². The topological polar surface area (TPSA) is 61.4 Å². The number of halogens is 1. The maximum Gasteiger partial charge on any atom is 0.234 e. The van der Waals surface area contributed by atoms with Gasteiger partial charge in [-0.3, -0.25) is 14.5 Å². The fraction of sp³-hybridized carbons (Fsp3) is 0.619. The summed E-state index contributed by atoms with van der Waals surface area (Å²) < 4.78 is 13.0. The Hall–Kier alpha value is -1.95. The molecule has 1 aromatic carbocycles. The fourth-order valence-electron chi connectivity index (χ4n) is 3.45. The third-order valence-corrected chi connectivity index (χ3v) is 5.31. The zero-order chi connectivity index (χ0) is 19.8. The molecule has 1 fully saturated rings. The summed E-state index contributed by atoms with van der Waals surface area (Å²) in [5.41, 5.74) is 0.865. The molecule has 2 rings (SSSR count). The molecule has 1 aliphatic heterocycles. The zero-order valence-corrected chi connectivity index (χ0v) is 16.6. The van der Waals surface area contributed by atoms with Gasteiger partial charge in [-0.15, -0.1) is 0 Å². The van der Waals surface area contributed by atoms with Gasteiger partial charge in [0, 0.05) is 19.1 Å². The highest BCUT2D eigenvalue weighted by molar-refractivity contribution is 5.80. The van der Waals surface area contributed by atoms with Gasteiger partial charge in [-0.2, -0.15) is 0 Å². The van der Waals surface area contributed by atoms with Crippen LogP contribution in [0.4, 0.5) is 4.39 Å². The van der Waals surface area contributed by atoms with E-state index >= 15 is 0 Å². The first-order valence-electron chi connectivity index (χ1n) is 9.97. The van der Waals surface area contributed by atoms with Gasteiger partial charge in [0.2, 0.25) is 11.8 Å². The molecular formula is C21H32FN3O2. The molecule has 1 aliphatic rings. The maximum absolute atomic E-state index is 13.0. The molecule has 27 heavy (non-hydrogen) atoms. The predicted molar refractivity (Wildman–Crippen MR) is 105 cm³/mol. The first-order chi connectivity index (χ1) is 12.9. The van der Waals surface area contributed by atoms with Gasteiger partial charge in [0.25, 0.3) is 0 Å². The van der Waals surface area contributed by atoms with E-state index in [1.54, 1.807) is 12.1 Å². The molecule has 0 aromatic heterocycles. The summed E-state index contributed by atoms with van der Waals surface area (Å²) in [6.07, 6.45) is 3.82. The first-order valence-corrected chi connectivity index (χ1v) is 9.97. The van der Waals surface area contributed by atoms with Crippen molar-refractivity contribution < 1.29 is 14.0 Å². The minimum atomic E-state index is -0.289. The summed E-state index contributed by atoms with van der Waals surface area (Å²) in [5.74, 6) is -0.325. The van der Waals surface area contributed by atoms with Crippen molar-refractivity contribution in [1.29, 1.82) is 0 Å². The largest absolute Gasteiger partial charge is 0.356 e.